The summed E-state index contributed by atoms with van der Waals surface area (Å²) in [5.74, 6) is 1.02. The smallest absolute Gasteiger partial charge is 0.138 e. The molecule has 7 aromatic rings. The van der Waals surface area contributed by atoms with Crippen molar-refractivity contribution in [1.82, 2.24) is 0 Å². The van der Waals surface area contributed by atoms with E-state index in [1.54, 1.807) is 0 Å². The van der Waals surface area contributed by atoms with E-state index in [0.29, 0.717) is 5.25 Å². The minimum absolute atomic E-state index is 0.0947. The van der Waals surface area contributed by atoms with E-state index in [2.05, 4.69) is 192 Å². The van der Waals surface area contributed by atoms with Crippen LogP contribution in [0.4, 0.5) is 22.7 Å². The van der Waals surface area contributed by atoms with Gasteiger partial charge in [0.05, 0.1) is 17.3 Å². The molecule has 10 rings (SSSR count). The first-order valence-corrected chi connectivity index (χ1v) is 18.2. The second kappa shape index (κ2) is 12.0. The average Bonchev–Trinajstić information content (AvgIpc) is 3.85. The van der Waals surface area contributed by atoms with Gasteiger partial charge >= 0.3 is 0 Å². The maximum atomic E-state index is 6.72. The number of nitrogens with zero attached hydrogens (tertiary/aromatic N) is 2. The molecule has 0 radical (unpaired) electrons. The summed E-state index contributed by atoms with van der Waals surface area (Å²) in [6.07, 6.45) is 0.0947. The standard InChI is InChI=1S/C46H34N2OS/c1-3-11-31(12-4-1)33-19-23-35(24-20-33)47(36-25-21-34(22-26-36)32-13-5-2-6-14-32)37-27-29-38(30-28-37)48-43-39-15-7-9-17-41(39)49-45(43)46-44(48)40-16-8-10-18-42(40)50-46/h1-30,43-46H. The molecule has 0 aromatic heterocycles. The van der Waals surface area contributed by atoms with Gasteiger partial charge in [-0.3, -0.25) is 0 Å². The van der Waals surface area contributed by atoms with Crippen molar-refractivity contribution in [1.29, 1.82) is 0 Å². The Morgan fingerprint density at radius 1 is 0.440 bits per heavy atom. The number of fused-ring (bicyclic) bond motifs is 7. The lowest BCUT2D eigenvalue weighted by molar-refractivity contribution is 0.229. The van der Waals surface area contributed by atoms with Crippen LogP contribution in [0.2, 0.25) is 0 Å². The van der Waals surface area contributed by atoms with Crippen molar-refractivity contribution in [2.45, 2.75) is 28.3 Å². The molecule has 4 atom stereocenters. The van der Waals surface area contributed by atoms with Gasteiger partial charge in [-0.15, -0.1) is 11.8 Å². The number of hydrogen-bond acceptors (Lipinski definition) is 4. The van der Waals surface area contributed by atoms with Gasteiger partial charge in [-0.1, -0.05) is 121 Å². The molecule has 0 aliphatic carbocycles. The molecule has 0 saturated carbocycles. The third-order valence-electron chi connectivity index (χ3n) is 10.4. The van der Waals surface area contributed by atoms with Crippen molar-refractivity contribution in [2.75, 3.05) is 9.80 Å². The molecule has 240 valence electrons. The minimum atomic E-state index is 0.0947. The predicted molar refractivity (Wildman–Crippen MR) is 207 cm³/mol. The molecule has 4 unspecified atom stereocenters. The zero-order valence-corrected chi connectivity index (χ0v) is 28.2. The van der Waals surface area contributed by atoms with E-state index in [-0.39, 0.29) is 18.2 Å². The summed E-state index contributed by atoms with van der Waals surface area (Å²) in [5.41, 5.74) is 12.1. The molecular weight excluding hydrogens is 629 g/mol. The quantitative estimate of drug-likeness (QED) is 0.176. The fourth-order valence-corrected chi connectivity index (χ4v) is 9.65. The zero-order valence-electron chi connectivity index (χ0n) is 27.3. The van der Waals surface area contributed by atoms with Crippen molar-refractivity contribution in [3.8, 4) is 28.0 Å². The Morgan fingerprint density at radius 3 is 1.52 bits per heavy atom. The molecule has 0 spiro atoms. The van der Waals surface area contributed by atoms with Gasteiger partial charge in [0.15, 0.2) is 0 Å². The molecule has 1 saturated heterocycles. The lowest BCUT2D eigenvalue weighted by Gasteiger charge is -2.32. The van der Waals surface area contributed by atoms with Crippen molar-refractivity contribution >= 4 is 34.5 Å². The van der Waals surface area contributed by atoms with Gasteiger partial charge in [-0.2, -0.15) is 0 Å². The van der Waals surface area contributed by atoms with Crippen LogP contribution in [-0.4, -0.2) is 11.4 Å². The Labute approximate surface area is 297 Å². The van der Waals surface area contributed by atoms with Crippen LogP contribution >= 0.6 is 11.8 Å². The van der Waals surface area contributed by atoms with Crippen molar-refractivity contribution in [3.63, 3.8) is 0 Å². The van der Waals surface area contributed by atoms with E-state index in [4.69, 9.17) is 4.74 Å². The first kappa shape index (κ1) is 29.2. The van der Waals surface area contributed by atoms with Crippen molar-refractivity contribution in [3.05, 3.63) is 193 Å². The lowest BCUT2D eigenvalue weighted by atomic mass is 10.0. The summed E-state index contributed by atoms with van der Waals surface area (Å²) in [4.78, 5) is 6.36. The van der Waals surface area contributed by atoms with E-state index in [0.717, 1.165) is 22.8 Å². The topological polar surface area (TPSA) is 15.7 Å². The summed E-state index contributed by atoms with van der Waals surface area (Å²) in [6, 6.07) is 66.1. The molecule has 1 fully saturated rings. The number of thioether (sulfide) groups is 1. The average molecular weight is 663 g/mol. The SMILES string of the molecule is c1ccc(-c2ccc(N(c3ccc(-c4ccccc4)cc3)c3ccc(N4C5c6ccccc6OC5C5Sc6ccccc6C54)cc3)cc2)cc1. The van der Waals surface area contributed by atoms with Gasteiger partial charge in [-0.25, -0.2) is 0 Å². The van der Waals surface area contributed by atoms with Gasteiger partial charge in [0.2, 0.25) is 0 Å². The van der Waals surface area contributed by atoms with Crippen molar-refractivity contribution in [2.24, 2.45) is 0 Å². The van der Waals surface area contributed by atoms with Crippen LogP contribution < -0.4 is 14.5 Å². The van der Waals surface area contributed by atoms with Crippen LogP contribution in [0, 0.1) is 0 Å². The monoisotopic (exact) mass is 662 g/mol. The predicted octanol–water partition coefficient (Wildman–Crippen LogP) is 12.0. The third kappa shape index (κ3) is 4.82. The van der Waals surface area contributed by atoms with Crippen LogP contribution in [0.25, 0.3) is 22.3 Å². The Balaban J connectivity index is 1.05. The number of ether oxygens (including phenoxy) is 1. The molecule has 0 amide bonds. The number of para-hydroxylation sites is 1. The Kier molecular flexibility index (Phi) is 7.02. The second-order valence-electron chi connectivity index (χ2n) is 13.2. The molecule has 3 aliphatic rings. The summed E-state index contributed by atoms with van der Waals surface area (Å²) < 4.78 is 6.72. The number of anilines is 4. The highest BCUT2D eigenvalue weighted by Crippen LogP contribution is 2.62. The van der Waals surface area contributed by atoms with Gasteiger partial charge in [0, 0.05) is 33.2 Å². The highest BCUT2D eigenvalue weighted by atomic mass is 32.2. The van der Waals surface area contributed by atoms with Crippen molar-refractivity contribution < 1.29 is 4.74 Å². The molecule has 4 heteroatoms. The second-order valence-corrected chi connectivity index (χ2v) is 14.4. The van der Waals surface area contributed by atoms with Crippen LogP contribution in [0.1, 0.15) is 23.2 Å². The molecular formula is C46H34N2OS. The first-order chi connectivity index (χ1) is 24.8. The molecule has 3 nitrogen and oxygen atoms in total. The fraction of sp³-hybridized carbons (Fsp3) is 0.0870. The summed E-state index contributed by atoms with van der Waals surface area (Å²) in [6.45, 7) is 0. The van der Waals surface area contributed by atoms with E-state index < -0.39 is 0 Å². The van der Waals surface area contributed by atoms with Crippen LogP contribution in [0.3, 0.4) is 0 Å². The van der Waals surface area contributed by atoms with E-state index in [1.807, 2.05) is 11.8 Å². The first-order valence-electron chi connectivity index (χ1n) is 17.3. The Hall–Kier alpha value is -5.71. The third-order valence-corrected chi connectivity index (χ3v) is 11.8. The van der Waals surface area contributed by atoms with Crippen LogP contribution in [0.5, 0.6) is 5.75 Å². The molecule has 50 heavy (non-hydrogen) atoms. The summed E-state index contributed by atoms with van der Waals surface area (Å²) in [5, 5.41) is 0.326. The van der Waals surface area contributed by atoms with Gasteiger partial charge in [-0.05, 0) is 88.5 Å². The minimum Gasteiger partial charge on any atom is -0.486 e. The molecule has 3 heterocycles. The number of benzene rings is 7. The number of rotatable bonds is 6. The molecule has 7 aromatic carbocycles. The zero-order chi connectivity index (χ0) is 33.0. The summed E-state index contributed by atoms with van der Waals surface area (Å²) >= 11 is 1.98. The largest absolute Gasteiger partial charge is 0.486 e. The normalized spacial score (nSPS) is 19.6. The molecule has 0 bridgehead atoms. The maximum Gasteiger partial charge on any atom is 0.138 e. The van der Waals surface area contributed by atoms with Gasteiger partial charge in [0.25, 0.3) is 0 Å². The Bertz CT molecular complexity index is 2150. The summed E-state index contributed by atoms with van der Waals surface area (Å²) in [7, 11) is 0. The van der Waals surface area contributed by atoms with Gasteiger partial charge < -0.3 is 14.5 Å². The highest BCUT2D eigenvalue weighted by molar-refractivity contribution is 8.00. The molecule has 3 aliphatic heterocycles. The van der Waals surface area contributed by atoms with E-state index in [1.165, 1.54) is 44.0 Å². The Morgan fingerprint density at radius 2 is 0.920 bits per heavy atom. The highest BCUT2D eigenvalue weighted by Gasteiger charge is 2.58. The lowest BCUT2D eigenvalue weighted by Crippen LogP contribution is -2.27. The van der Waals surface area contributed by atoms with E-state index in [9.17, 15) is 0 Å². The van der Waals surface area contributed by atoms with Crippen LogP contribution in [0.15, 0.2) is 187 Å². The maximum absolute atomic E-state index is 6.72. The number of hydrogen-bond donors (Lipinski definition) is 0. The van der Waals surface area contributed by atoms with E-state index >= 15 is 0 Å². The van der Waals surface area contributed by atoms with Gasteiger partial charge in [0.1, 0.15) is 11.9 Å². The van der Waals surface area contributed by atoms with Crippen LogP contribution in [-0.2, 0) is 0 Å². The fourth-order valence-electron chi connectivity index (χ4n) is 8.13. The molecule has 0 N–H and O–H groups in total.